The van der Waals surface area contributed by atoms with Gasteiger partial charge in [-0.1, -0.05) is 37.3 Å². The maximum absolute atomic E-state index is 12.4. The fraction of sp³-hybridized carbons (Fsp3) is 0.214. The van der Waals surface area contributed by atoms with E-state index in [1.807, 2.05) is 51.1 Å². The molecule has 0 aliphatic carbocycles. The zero-order valence-electron chi connectivity index (χ0n) is 21.3. The van der Waals surface area contributed by atoms with Gasteiger partial charge in [0.15, 0.2) is 18.1 Å². The maximum atomic E-state index is 12.4. The molecule has 9 nitrogen and oxygen atoms in total. The minimum absolute atomic E-state index is 0.205. The summed E-state index contributed by atoms with van der Waals surface area (Å²) in [5.74, 6) is -1.27. The van der Waals surface area contributed by atoms with Crippen LogP contribution in [-0.4, -0.2) is 37.7 Å². The standard InChI is InChI=1S/C28H30N4O5/c1-5-21-8-6-7-9-22(21)31-27(34)28(35)32-29-16-20-12-13-24(25(15-20)36-4)37-17-26(33)30-23-14-18(2)10-11-19(23)3/h6-16H,5,17H2,1-4H3,(H,30,33)(H,31,34)(H,32,35)/b29-16-. The summed E-state index contributed by atoms with van der Waals surface area (Å²) in [6, 6.07) is 18.0. The number of methoxy groups -OCH3 is 1. The molecule has 0 saturated heterocycles. The molecule has 0 radical (unpaired) electrons. The molecule has 3 aromatic carbocycles. The molecule has 37 heavy (non-hydrogen) atoms. The summed E-state index contributed by atoms with van der Waals surface area (Å²) in [5.41, 5.74) is 7.02. The second-order valence-corrected chi connectivity index (χ2v) is 8.23. The Morgan fingerprint density at radius 1 is 0.892 bits per heavy atom. The number of ether oxygens (including phenoxy) is 2. The van der Waals surface area contributed by atoms with Crippen LogP contribution in [0.3, 0.4) is 0 Å². The number of nitrogens with one attached hydrogen (secondary N) is 3. The predicted molar refractivity (Wildman–Crippen MR) is 143 cm³/mol. The molecule has 0 saturated carbocycles. The van der Waals surface area contributed by atoms with Crippen molar-refractivity contribution in [3.8, 4) is 11.5 Å². The van der Waals surface area contributed by atoms with E-state index in [0.29, 0.717) is 22.7 Å². The van der Waals surface area contributed by atoms with Crippen LogP contribution in [0.2, 0.25) is 0 Å². The minimum atomic E-state index is -0.899. The van der Waals surface area contributed by atoms with Crippen LogP contribution in [0.5, 0.6) is 11.5 Å². The maximum Gasteiger partial charge on any atom is 0.329 e. The Hall–Kier alpha value is -4.66. The lowest BCUT2D eigenvalue weighted by Crippen LogP contribution is -2.32. The highest BCUT2D eigenvalue weighted by Crippen LogP contribution is 2.27. The van der Waals surface area contributed by atoms with E-state index in [4.69, 9.17) is 9.47 Å². The van der Waals surface area contributed by atoms with Crippen LogP contribution in [0.1, 0.15) is 29.2 Å². The number of rotatable bonds is 9. The van der Waals surface area contributed by atoms with E-state index >= 15 is 0 Å². The van der Waals surface area contributed by atoms with E-state index in [1.165, 1.54) is 13.3 Å². The lowest BCUT2D eigenvalue weighted by atomic mass is 10.1. The summed E-state index contributed by atoms with van der Waals surface area (Å²) in [5, 5.41) is 9.27. The molecule has 0 aromatic heterocycles. The van der Waals surface area contributed by atoms with E-state index in [2.05, 4.69) is 21.2 Å². The van der Waals surface area contributed by atoms with Crippen molar-refractivity contribution in [2.75, 3.05) is 24.4 Å². The van der Waals surface area contributed by atoms with E-state index in [9.17, 15) is 14.4 Å². The molecule has 0 fully saturated rings. The highest BCUT2D eigenvalue weighted by atomic mass is 16.5. The number of hydrazone groups is 1. The van der Waals surface area contributed by atoms with Crippen molar-refractivity contribution in [3.63, 3.8) is 0 Å². The van der Waals surface area contributed by atoms with Crippen LogP contribution in [0.15, 0.2) is 65.8 Å². The van der Waals surface area contributed by atoms with Crippen molar-refractivity contribution in [3.05, 3.63) is 82.9 Å². The Morgan fingerprint density at radius 3 is 2.43 bits per heavy atom. The van der Waals surface area contributed by atoms with Crippen molar-refractivity contribution in [2.24, 2.45) is 5.10 Å². The van der Waals surface area contributed by atoms with Gasteiger partial charge in [0.1, 0.15) is 0 Å². The quantitative estimate of drug-likeness (QED) is 0.232. The van der Waals surface area contributed by atoms with Gasteiger partial charge in [-0.15, -0.1) is 0 Å². The summed E-state index contributed by atoms with van der Waals surface area (Å²) in [6.07, 6.45) is 2.08. The number of amides is 3. The predicted octanol–water partition coefficient (Wildman–Crippen LogP) is 3.98. The van der Waals surface area contributed by atoms with Crippen LogP contribution in [0.25, 0.3) is 0 Å². The third kappa shape index (κ3) is 7.66. The fourth-order valence-electron chi connectivity index (χ4n) is 3.43. The third-order valence-electron chi connectivity index (χ3n) is 5.45. The average Bonchev–Trinajstić information content (AvgIpc) is 2.90. The summed E-state index contributed by atoms with van der Waals surface area (Å²) in [4.78, 5) is 36.7. The van der Waals surface area contributed by atoms with Crippen LogP contribution in [0.4, 0.5) is 11.4 Å². The lowest BCUT2D eigenvalue weighted by molar-refractivity contribution is -0.136. The Morgan fingerprint density at radius 2 is 1.68 bits per heavy atom. The molecular formula is C28H30N4O5. The second kappa shape index (κ2) is 12.9. The first-order valence-electron chi connectivity index (χ1n) is 11.7. The number of anilines is 2. The van der Waals surface area contributed by atoms with E-state index < -0.39 is 11.8 Å². The van der Waals surface area contributed by atoms with Gasteiger partial charge in [0.2, 0.25) is 0 Å². The number of carbonyl (C=O) groups excluding carboxylic acids is 3. The SMILES string of the molecule is CCc1ccccc1NC(=O)C(=O)N/N=C\c1ccc(OCC(=O)Nc2cc(C)ccc2C)c(OC)c1. The molecule has 3 amide bonds. The Bertz CT molecular complexity index is 1320. The lowest BCUT2D eigenvalue weighted by Gasteiger charge is -2.12. The molecule has 9 heteroatoms. The largest absolute Gasteiger partial charge is 0.493 e. The molecule has 3 aromatic rings. The average molecular weight is 503 g/mol. The fourth-order valence-corrected chi connectivity index (χ4v) is 3.43. The molecular weight excluding hydrogens is 472 g/mol. The van der Waals surface area contributed by atoms with Gasteiger partial charge in [-0.3, -0.25) is 14.4 Å². The van der Waals surface area contributed by atoms with Gasteiger partial charge in [0.25, 0.3) is 5.91 Å². The Balaban J connectivity index is 1.55. The van der Waals surface area contributed by atoms with Crippen molar-refractivity contribution >= 4 is 35.3 Å². The molecule has 0 aliphatic rings. The van der Waals surface area contributed by atoms with Crippen LogP contribution in [-0.2, 0) is 20.8 Å². The van der Waals surface area contributed by atoms with Gasteiger partial charge in [-0.25, -0.2) is 5.43 Å². The summed E-state index contributed by atoms with van der Waals surface area (Å²) in [6.45, 7) is 5.62. The Labute approximate surface area is 215 Å². The van der Waals surface area contributed by atoms with Crippen molar-refractivity contribution in [2.45, 2.75) is 27.2 Å². The van der Waals surface area contributed by atoms with Crippen molar-refractivity contribution < 1.29 is 23.9 Å². The van der Waals surface area contributed by atoms with Crippen LogP contribution < -0.4 is 25.5 Å². The molecule has 0 spiro atoms. The van der Waals surface area contributed by atoms with E-state index in [0.717, 1.165) is 28.8 Å². The number of hydrogen-bond acceptors (Lipinski definition) is 6. The second-order valence-electron chi connectivity index (χ2n) is 8.23. The van der Waals surface area contributed by atoms with Crippen LogP contribution in [0, 0.1) is 13.8 Å². The zero-order chi connectivity index (χ0) is 26.8. The molecule has 3 rings (SSSR count). The van der Waals surface area contributed by atoms with Crippen molar-refractivity contribution in [1.82, 2.24) is 5.43 Å². The number of carbonyl (C=O) groups is 3. The van der Waals surface area contributed by atoms with E-state index in [1.54, 1.807) is 30.3 Å². The van der Waals surface area contributed by atoms with Crippen LogP contribution >= 0.6 is 0 Å². The molecule has 0 heterocycles. The van der Waals surface area contributed by atoms with Gasteiger partial charge in [0, 0.05) is 11.4 Å². The Kier molecular flexibility index (Phi) is 9.37. The zero-order valence-corrected chi connectivity index (χ0v) is 21.3. The van der Waals surface area contributed by atoms with Gasteiger partial charge in [-0.2, -0.15) is 5.10 Å². The molecule has 0 unspecified atom stereocenters. The minimum Gasteiger partial charge on any atom is -0.493 e. The van der Waals surface area contributed by atoms with Gasteiger partial charge >= 0.3 is 11.8 Å². The normalized spacial score (nSPS) is 10.6. The highest BCUT2D eigenvalue weighted by Gasteiger charge is 2.14. The molecule has 192 valence electrons. The summed E-state index contributed by atoms with van der Waals surface area (Å²) >= 11 is 0. The highest BCUT2D eigenvalue weighted by molar-refractivity contribution is 6.39. The number of hydrogen-bond donors (Lipinski definition) is 3. The van der Waals surface area contributed by atoms with Crippen molar-refractivity contribution in [1.29, 1.82) is 0 Å². The topological polar surface area (TPSA) is 118 Å². The molecule has 0 atom stereocenters. The number of para-hydroxylation sites is 1. The van der Waals surface area contributed by atoms with Gasteiger partial charge < -0.3 is 20.1 Å². The summed E-state index contributed by atoms with van der Waals surface area (Å²) in [7, 11) is 1.47. The van der Waals surface area contributed by atoms with Gasteiger partial charge in [0.05, 0.1) is 13.3 Å². The summed E-state index contributed by atoms with van der Waals surface area (Å²) < 4.78 is 11.0. The van der Waals surface area contributed by atoms with Gasteiger partial charge in [-0.05, 0) is 72.9 Å². The first-order chi connectivity index (χ1) is 17.8. The van der Waals surface area contributed by atoms with E-state index in [-0.39, 0.29) is 12.5 Å². The molecule has 3 N–H and O–H groups in total. The monoisotopic (exact) mass is 502 g/mol. The third-order valence-corrected chi connectivity index (χ3v) is 5.45. The first-order valence-corrected chi connectivity index (χ1v) is 11.7. The number of aryl methyl sites for hydroxylation is 3. The molecule has 0 bridgehead atoms. The smallest absolute Gasteiger partial charge is 0.329 e. The first kappa shape index (κ1) is 26.9. The number of benzene rings is 3. The number of nitrogens with zero attached hydrogens (tertiary/aromatic N) is 1. The molecule has 0 aliphatic heterocycles.